The van der Waals surface area contributed by atoms with Crippen LogP contribution in [0.3, 0.4) is 0 Å². The molecule has 2 unspecified atom stereocenters. The Hall–Kier alpha value is -2.54. The fraction of sp³-hybridized carbons (Fsp3) is 0.611. The van der Waals surface area contributed by atoms with Gasteiger partial charge in [0.05, 0.1) is 43.8 Å². The van der Waals surface area contributed by atoms with Crippen molar-refractivity contribution in [1.29, 1.82) is 5.26 Å². The lowest BCUT2D eigenvalue weighted by molar-refractivity contribution is -0.153. The number of carboxylic acids is 1. The van der Waals surface area contributed by atoms with Gasteiger partial charge in [-0.15, -0.1) is 0 Å². The number of ether oxygens (including phenoxy) is 3. The number of hydrogen-bond acceptors (Lipinski definition) is 9. The zero-order chi connectivity index (χ0) is 21.5. The van der Waals surface area contributed by atoms with E-state index in [1.165, 1.54) is 27.2 Å². The highest BCUT2D eigenvalue weighted by molar-refractivity contribution is 8.00. The molecule has 0 saturated heterocycles. The van der Waals surface area contributed by atoms with Gasteiger partial charge >= 0.3 is 11.9 Å². The molecule has 0 aromatic carbocycles. The summed E-state index contributed by atoms with van der Waals surface area (Å²) in [5, 5.41) is 18.2. The summed E-state index contributed by atoms with van der Waals surface area (Å²) in [5.41, 5.74) is -2.02. The van der Waals surface area contributed by atoms with E-state index in [-0.39, 0.29) is 29.9 Å². The molecular formula is C18H25N3O6S. The predicted octanol–water partition coefficient (Wildman–Crippen LogP) is 2.55. The van der Waals surface area contributed by atoms with Gasteiger partial charge in [-0.2, -0.15) is 15.2 Å². The summed E-state index contributed by atoms with van der Waals surface area (Å²) in [4.78, 5) is 32.0. The first-order valence-corrected chi connectivity index (χ1v) is 9.30. The van der Waals surface area contributed by atoms with Gasteiger partial charge in [0.1, 0.15) is 5.25 Å². The van der Waals surface area contributed by atoms with Gasteiger partial charge in [-0.05, 0) is 27.7 Å². The maximum atomic E-state index is 11.9. The first-order chi connectivity index (χ1) is 13.0. The molecule has 9 nitrogen and oxygen atoms in total. The lowest BCUT2D eigenvalue weighted by Crippen LogP contribution is -2.37. The minimum Gasteiger partial charge on any atom is -0.481 e. The van der Waals surface area contributed by atoms with Crippen molar-refractivity contribution >= 4 is 23.7 Å². The van der Waals surface area contributed by atoms with Crippen LogP contribution in [0.15, 0.2) is 11.2 Å². The second-order valence-electron chi connectivity index (χ2n) is 7.24. The van der Waals surface area contributed by atoms with E-state index < -0.39 is 28.0 Å². The molecule has 28 heavy (non-hydrogen) atoms. The Kier molecular flexibility index (Phi) is 8.05. The summed E-state index contributed by atoms with van der Waals surface area (Å²) < 4.78 is 15.3. The Bertz CT molecular complexity index is 736. The minimum absolute atomic E-state index is 0.0381. The summed E-state index contributed by atoms with van der Waals surface area (Å²) in [7, 11) is 2.82. The van der Waals surface area contributed by atoms with E-state index >= 15 is 0 Å². The third kappa shape index (κ3) is 6.27. The van der Waals surface area contributed by atoms with Crippen molar-refractivity contribution in [3.8, 4) is 17.8 Å². The van der Waals surface area contributed by atoms with Crippen molar-refractivity contribution in [1.82, 2.24) is 9.97 Å². The molecule has 1 aromatic rings. The number of carbonyl (C=O) groups is 2. The van der Waals surface area contributed by atoms with Gasteiger partial charge in [0, 0.05) is 6.42 Å². The summed E-state index contributed by atoms with van der Waals surface area (Å²) in [6, 6.07) is 3.49. The van der Waals surface area contributed by atoms with Crippen molar-refractivity contribution in [2.75, 3.05) is 20.8 Å². The second-order valence-corrected chi connectivity index (χ2v) is 8.31. The molecule has 0 fully saturated rings. The average Bonchev–Trinajstić information content (AvgIpc) is 2.64. The Labute approximate surface area is 168 Å². The van der Waals surface area contributed by atoms with Crippen LogP contribution in [0.5, 0.6) is 11.8 Å². The molecule has 1 heterocycles. The lowest BCUT2D eigenvalue weighted by Gasteiger charge is -2.28. The van der Waals surface area contributed by atoms with Gasteiger partial charge in [0.2, 0.25) is 11.8 Å². The largest absolute Gasteiger partial charge is 0.481 e. The third-order valence-electron chi connectivity index (χ3n) is 3.83. The topological polar surface area (TPSA) is 132 Å². The monoisotopic (exact) mass is 411 g/mol. The van der Waals surface area contributed by atoms with Crippen molar-refractivity contribution in [3.63, 3.8) is 0 Å². The molecule has 0 radical (unpaired) electrons. The molecule has 0 bridgehead atoms. The van der Waals surface area contributed by atoms with E-state index in [1.807, 2.05) is 6.07 Å². The molecule has 0 spiro atoms. The van der Waals surface area contributed by atoms with Gasteiger partial charge in [-0.25, -0.2) is 0 Å². The van der Waals surface area contributed by atoms with Crippen molar-refractivity contribution in [3.05, 3.63) is 6.07 Å². The summed E-state index contributed by atoms with van der Waals surface area (Å²) in [5.74, 6) is -1.22. The fourth-order valence-corrected chi connectivity index (χ4v) is 3.05. The number of methoxy groups -OCH3 is 2. The van der Waals surface area contributed by atoms with Crippen molar-refractivity contribution in [2.45, 2.75) is 44.5 Å². The van der Waals surface area contributed by atoms with Crippen LogP contribution in [0, 0.1) is 22.2 Å². The smallest absolute Gasteiger partial charge is 0.318 e. The van der Waals surface area contributed by atoms with Crippen molar-refractivity contribution in [2.24, 2.45) is 10.8 Å². The maximum absolute atomic E-state index is 11.9. The highest BCUT2D eigenvalue weighted by Gasteiger charge is 2.42. The Morgan fingerprint density at radius 2 is 1.75 bits per heavy atom. The van der Waals surface area contributed by atoms with E-state index in [9.17, 15) is 20.0 Å². The van der Waals surface area contributed by atoms with Crippen LogP contribution >= 0.6 is 11.8 Å². The second kappa shape index (κ2) is 9.59. The maximum Gasteiger partial charge on any atom is 0.318 e. The highest BCUT2D eigenvalue weighted by Crippen LogP contribution is 2.38. The molecule has 0 aliphatic rings. The van der Waals surface area contributed by atoms with Gasteiger partial charge in [0.25, 0.3) is 0 Å². The number of thioether (sulfide) groups is 1. The van der Waals surface area contributed by atoms with Crippen molar-refractivity contribution < 1.29 is 28.9 Å². The Morgan fingerprint density at radius 1 is 1.21 bits per heavy atom. The summed E-state index contributed by atoms with van der Waals surface area (Å²) >= 11 is 0.807. The number of aliphatic carboxylic acids is 1. The van der Waals surface area contributed by atoms with Crippen LogP contribution in [-0.2, 0) is 14.3 Å². The predicted molar refractivity (Wildman–Crippen MR) is 101 cm³/mol. The molecule has 1 rings (SSSR count). The molecule has 0 saturated carbocycles. The van der Waals surface area contributed by atoms with Crippen LogP contribution in [0.1, 0.15) is 34.1 Å². The Balaban J connectivity index is 3.02. The highest BCUT2D eigenvalue weighted by atomic mass is 32.2. The summed E-state index contributed by atoms with van der Waals surface area (Å²) in [6.45, 7) is 6.56. The Morgan fingerprint density at radius 3 is 2.14 bits per heavy atom. The first kappa shape index (κ1) is 23.5. The molecular weight excluding hydrogens is 386 g/mol. The molecule has 1 aromatic heterocycles. The van der Waals surface area contributed by atoms with E-state index in [0.717, 1.165) is 11.8 Å². The minimum atomic E-state index is -1.34. The van der Waals surface area contributed by atoms with Crippen LogP contribution in [0.25, 0.3) is 0 Å². The van der Waals surface area contributed by atoms with Gasteiger partial charge in [0.15, 0.2) is 5.16 Å². The average molecular weight is 411 g/mol. The number of nitriles is 1. The number of carboxylic acid groups (broad SMARTS) is 1. The zero-order valence-electron chi connectivity index (χ0n) is 16.8. The fourth-order valence-electron chi connectivity index (χ4n) is 2.02. The van der Waals surface area contributed by atoms with Crippen LogP contribution < -0.4 is 9.47 Å². The summed E-state index contributed by atoms with van der Waals surface area (Å²) in [6.07, 6.45) is 0.0381. The van der Waals surface area contributed by atoms with Crippen LogP contribution in [0.2, 0.25) is 0 Å². The molecule has 0 aliphatic carbocycles. The van der Waals surface area contributed by atoms with Crippen LogP contribution in [0.4, 0.5) is 0 Å². The zero-order valence-corrected chi connectivity index (χ0v) is 17.6. The number of esters is 1. The quantitative estimate of drug-likeness (QED) is 0.367. The third-order valence-corrected chi connectivity index (χ3v) is 5.18. The number of rotatable bonds is 9. The van der Waals surface area contributed by atoms with E-state index in [2.05, 4.69) is 9.97 Å². The molecule has 154 valence electrons. The van der Waals surface area contributed by atoms with E-state index in [0.29, 0.717) is 0 Å². The van der Waals surface area contributed by atoms with Gasteiger partial charge in [-0.3, -0.25) is 9.59 Å². The first-order valence-electron chi connectivity index (χ1n) is 8.42. The standard InChI is InChI=1S/C18H25N3O6S/c1-17(2,3)15(24)27-8-7-18(4,10-19)13(14(22)23)28-16-20-11(25-5)9-12(21-16)26-6/h9,13H,7-8H2,1-6H3,(H,22,23). The number of carbonyl (C=O) groups excluding carboxylic acids is 1. The normalized spacial score (nSPS) is 14.3. The molecule has 0 amide bonds. The number of aromatic nitrogens is 2. The SMILES string of the molecule is COc1cc(OC)nc(SC(C(=O)O)C(C)(C#N)CCOC(=O)C(C)(C)C)n1. The molecule has 10 heteroatoms. The van der Waals surface area contributed by atoms with E-state index in [1.54, 1.807) is 20.8 Å². The van der Waals surface area contributed by atoms with E-state index in [4.69, 9.17) is 14.2 Å². The number of nitrogens with zero attached hydrogens (tertiary/aromatic N) is 3. The van der Waals surface area contributed by atoms with Crippen LogP contribution in [-0.4, -0.2) is 53.1 Å². The number of hydrogen-bond donors (Lipinski definition) is 1. The molecule has 2 atom stereocenters. The van der Waals surface area contributed by atoms with Gasteiger partial charge < -0.3 is 19.3 Å². The van der Waals surface area contributed by atoms with Gasteiger partial charge in [-0.1, -0.05) is 11.8 Å². The molecule has 1 N–H and O–H groups in total. The lowest BCUT2D eigenvalue weighted by atomic mass is 9.84. The molecule has 0 aliphatic heterocycles.